The number of morpholine rings is 1. The van der Waals surface area contributed by atoms with E-state index in [0.29, 0.717) is 56.0 Å². The van der Waals surface area contributed by atoms with Crippen LogP contribution in [0.3, 0.4) is 0 Å². The highest BCUT2D eigenvalue weighted by atomic mass is 32.2. The van der Waals surface area contributed by atoms with Crippen LogP contribution in [0.4, 0.5) is 0 Å². The van der Waals surface area contributed by atoms with Crippen LogP contribution in [0.5, 0.6) is 0 Å². The highest BCUT2D eigenvalue weighted by Crippen LogP contribution is 2.30. The molecule has 1 aliphatic heterocycles. The molecule has 33 heavy (non-hydrogen) atoms. The van der Waals surface area contributed by atoms with Crippen molar-refractivity contribution in [3.05, 3.63) is 18.2 Å². The maximum Gasteiger partial charge on any atom is 0.243 e. The number of sulfonamides is 1. The normalized spacial score (nSPS) is 24.8. The molecule has 2 heterocycles. The van der Waals surface area contributed by atoms with Gasteiger partial charge in [-0.1, -0.05) is 38.5 Å². The Kier molecular flexibility index (Phi) is 7.67. The third-order valence-electron chi connectivity index (χ3n) is 6.99. The van der Waals surface area contributed by atoms with E-state index in [2.05, 4.69) is 24.1 Å². The van der Waals surface area contributed by atoms with Gasteiger partial charge in [0.2, 0.25) is 15.9 Å². The Morgan fingerprint density at radius 3 is 2.73 bits per heavy atom. The summed E-state index contributed by atoms with van der Waals surface area (Å²) in [5.74, 6) is 1.43. The van der Waals surface area contributed by atoms with Gasteiger partial charge in [-0.05, 0) is 43.4 Å². The maximum absolute atomic E-state index is 13.0. The number of fused-ring (bicyclic) bond motifs is 1. The lowest BCUT2D eigenvalue weighted by Crippen LogP contribution is -2.44. The van der Waals surface area contributed by atoms with Gasteiger partial charge in [0.15, 0.2) is 5.16 Å². The molecule has 3 atom stereocenters. The lowest BCUT2D eigenvalue weighted by molar-refractivity contribution is -0.120. The fourth-order valence-corrected chi connectivity index (χ4v) is 7.08. The molecule has 1 saturated carbocycles. The fraction of sp³-hybridized carbons (Fsp3) is 0.652. The minimum Gasteiger partial charge on any atom is -0.379 e. The Balaban J connectivity index is 1.48. The molecule has 1 aromatic carbocycles. The molecule has 1 saturated heterocycles. The lowest BCUT2D eigenvalue weighted by Gasteiger charge is -2.34. The van der Waals surface area contributed by atoms with Crippen LogP contribution in [0.15, 0.2) is 28.3 Å². The predicted molar refractivity (Wildman–Crippen MR) is 130 cm³/mol. The second-order valence-electron chi connectivity index (χ2n) is 9.04. The van der Waals surface area contributed by atoms with Gasteiger partial charge in [0.1, 0.15) is 0 Å². The molecule has 2 aromatic rings. The summed E-state index contributed by atoms with van der Waals surface area (Å²) in [5.41, 5.74) is 1.50. The number of rotatable bonds is 7. The number of aryl methyl sites for hydroxylation is 1. The third-order valence-corrected chi connectivity index (χ3v) is 9.87. The number of benzene rings is 1. The van der Waals surface area contributed by atoms with Gasteiger partial charge >= 0.3 is 0 Å². The van der Waals surface area contributed by atoms with Crippen molar-refractivity contribution >= 4 is 38.7 Å². The number of ether oxygens (including phenoxy) is 1. The Bertz CT molecular complexity index is 1100. The lowest BCUT2D eigenvalue weighted by atomic mass is 9.78. The Labute approximate surface area is 200 Å². The zero-order valence-electron chi connectivity index (χ0n) is 19.6. The molecule has 2 fully saturated rings. The summed E-state index contributed by atoms with van der Waals surface area (Å²) in [6.45, 7) is 8.73. The smallest absolute Gasteiger partial charge is 0.243 e. The molecule has 2 aliphatic rings. The van der Waals surface area contributed by atoms with Crippen molar-refractivity contribution < 1.29 is 17.9 Å². The second kappa shape index (κ2) is 10.3. The van der Waals surface area contributed by atoms with Gasteiger partial charge in [0.05, 0.1) is 34.9 Å². The van der Waals surface area contributed by atoms with Crippen molar-refractivity contribution in [1.82, 2.24) is 19.2 Å². The summed E-state index contributed by atoms with van der Waals surface area (Å²) in [7, 11) is -3.58. The molecule has 0 spiro atoms. The molecule has 1 aliphatic carbocycles. The van der Waals surface area contributed by atoms with E-state index < -0.39 is 10.0 Å². The molecular weight excluding hydrogens is 460 g/mol. The summed E-state index contributed by atoms with van der Waals surface area (Å²) in [4.78, 5) is 17.6. The minimum atomic E-state index is -3.58. The van der Waals surface area contributed by atoms with Crippen LogP contribution in [0, 0.1) is 11.8 Å². The molecule has 3 unspecified atom stereocenters. The van der Waals surface area contributed by atoms with Crippen LogP contribution in [0.25, 0.3) is 11.0 Å². The first kappa shape index (κ1) is 24.5. The molecule has 8 nitrogen and oxygen atoms in total. The van der Waals surface area contributed by atoms with E-state index in [1.165, 1.54) is 22.5 Å². The SMILES string of the molecule is CCn1c(SCC(=O)NC2CCCC(C)C2C)nc2cc(S(=O)(=O)N3CCOCC3)ccc21. The minimum absolute atomic E-state index is 0.0243. The molecule has 0 radical (unpaired) electrons. The van der Waals surface area contributed by atoms with Crippen molar-refractivity contribution in [3.63, 3.8) is 0 Å². The number of nitrogens with zero attached hydrogens (tertiary/aromatic N) is 3. The predicted octanol–water partition coefficient (Wildman–Crippen LogP) is 3.11. The topological polar surface area (TPSA) is 93.5 Å². The van der Waals surface area contributed by atoms with E-state index in [4.69, 9.17) is 4.74 Å². The summed E-state index contributed by atoms with van der Waals surface area (Å²) in [6, 6.07) is 5.34. The van der Waals surface area contributed by atoms with Crippen molar-refractivity contribution in [3.8, 4) is 0 Å². The zero-order valence-corrected chi connectivity index (χ0v) is 21.3. The maximum atomic E-state index is 13.0. The average Bonchev–Trinajstić information content (AvgIpc) is 3.18. The highest BCUT2D eigenvalue weighted by molar-refractivity contribution is 7.99. The fourth-order valence-electron chi connectivity index (χ4n) is 4.76. The number of carbonyl (C=O) groups excluding carboxylic acids is 1. The van der Waals surface area contributed by atoms with E-state index in [0.717, 1.165) is 23.5 Å². The summed E-state index contributed by atoms with van der Waals surface area (Å²) < 4.78 is 34.8. The van der Waals surface area contributed by atoms with Crippen LogP contribution >= 0.6 is 11.8 Å². The summed E-state index contributed by atoms with van der Waals surface area (Å²) in [5, 5.41) is 3.94. The molecule has 1 aromatic heterocycles. The van der Waals surface area contributed by atoms with Gasteiger partial charge in [-0.15, -0.1) is 0 Å². The number of carbonyl (C=O) groups is 1. The number of imidazole rings is 1. The van der Waals surface area contributed by atoms with Crippen LogP contribution in [0.1, 0.15) is 40.0 Å². The summed E-state index contributed by atoms with van der Waals surface area (Å²) in [6.07, 6.45) is 3.42. The highest BCUT2D eigenvalue weighted by Gasteiger charge is 2.29. The monoisotopic (exact) mass is 494 g/mol. The number of aromatic nitrogens is 2. The first-order valence-electron chi connectivity index (χ1n) is 11.8. The van der Waals surface area contributed by atoms with Crippen LogP contribution in [-0.4, -0.2) is 66.3 Å². The van der Waals surface area contributed by atoms with Crippen LogP contribution in [-0.2, 0) is 26.1 Å². The first-order chi connectivity index (χ1) is 15.8. The second-order valence-corrected chi connectivity index (χ2v) is 11.9. The number of hydrogen-bond donors (Lipinski definition) is 1. The van der Waals surface area contributed by atoms with Crippen LogP contribution in [0.2, 0.25) is 0 Å². The van der Waals surface area contributed by atoms with Crippen molar-refractivity contribution in [2.45, 2.75) is 62.7 Å². The average molecular weight is 495 g/mol. The van der Waals surface area contributed by atoms with E-state index in [1.807, 2.05) is 17.6 Å². The molecule has 0 bridgehead atoms. The number of hydrogen-bond acceptors (Lipinski definition) is 6. The molecular formula is C23H34N4O4S2. The van der Waals surface area contributed by atoms with Crippen LogP contribution < -0.4 is 5.32 Å². The quantitative estimate of drug-likeness (QED) is 0.595. The standard InChI is InChI=1S/C23H34N4O4S2/c1-4-27-21-9-8-18(33(29,30)26-10-12-31-13-11-26)14-20(21)25-23(27)32-15-22(28)24-19-7-5-6-16(2)17(19)3/h8-9,14,16-17,19H,4-7,10-13,15H2,1-3H3,(H,24,28). The van der Waals surface area contributed by atoms with Crippen molar-refractivity contribution in [2.75, 3.05) is 32.1 Å². The van der Waals surface area contributed by atoms with E-state index in [9.17, 15) is 13.2 Å². The molecule has 1 amide bonds. The largest absolute Gasteiger partial charge is 0.379 e. The van der Waals surface area contributed by atoms with Gasteiger partial charge in [0, 0.05) is 25.7 Å². The first-order valence-corrected chi connectivity index (χ1v) is 14.2. The van der Waals surface area contributed by atoms with Gasteiger partial charge < -0.3 is 14.6 Å². The molecule has 182 valence electrons. The number of amides is 1. The van der Waals surface area contributed by atoms with Gasteiger partial charge in [-0.2, -0.15) is 4.31 Å². The molecule has 1 N–H and O–H groups in total. The van der Waals surface area contributed by atoms with Gasteiger partial charge in [-0.25, -0.2) is 13.4 Å². The zero-order chi connectivity index (χ0) is 23.6. The van der Waals surface area contributed by atoms with E-state index in [1.54, 1.807) is 12.1 Å². The molecule has 4 rings (SSSR count). The summed E-state index contributed by atoms with van der Waals surface area (Å²) >= 11 is 1.40. The third kappa shape index (κ3) is 5.23. The number of nitrogens with one attached hydrogen (secondary N) is 1. The number of thioether (sulfide) groups is 1. The van der Waals surface area contributed by atoms with E-state index >= 15 is 0 Å². The van der Waals surface area contributed by atoms with Gasteiger partial charge in [0.25, 0.3) is 0 Å². The van der Waals surface area contributed by atoms with Crippen molar-refractivity contribution in [2.24, 2.45) is 11.8 Å². The van der Waals surface area contributed by atoms with Gasteiger partial charge in [-0.3, -0.25) is 4.79 Å². The van der Waals surface area contributed by atoms with Crippen molar-refractivity contribution in [1.29, 1.82) is 0 Å². The Morgan fingerprint density at radius 1 is 1.24 bits per heavy atom. The van der Waals surface area contributed by atoms with E-state index in [-0.39, 0.29) is 16.8 Å². The Morgan fingerprint density at radius 2 is 2.00 bits per heavy atom. The molecule has 10 heteroatoms. The Hall–Kier alpha value is -1.62.